The highest BCUT2D eigenvalue weighted by Crippen LogP contribution is 2.24. The number of amides is 1. The molecule has 0 unspecified atom stereocenters. The number of hydrogen-bond donors (Lipinski definition) is 0. The number of thiophene rings is 1. The minimum absolute atomic E-state index is 0.0163. The van der Waals surface area contributed by atoms with Crippen molar-refractivity contribution < 1.29 is 22.0 Å². The summed E-state index contributed by atoms with van der Waals surface area (Å²) in [6.07, 6.45) is 3.14. The van der Waals surface area contributed by atoms with Gasteiger partial charge in [-0.1, -0.05) is 0 Å². The van der Waals surface area contributed by atoms with Crippen LogP contribution in [0.25, 0.3) is 6.08 Å². The number of nitrogens with zero attached hydrogens (tertiary/aromatic N) is 2. The van der Waals surface area contributed by atoms with Crippen LogP contribution < -0.4 is 0 Å². The van der Waals surface area contributed by atoms with Gasteiger partial charge in [-0.2, -0.15) is 4.31 Å². The zero-order valence-corrected chi connectivity index (χ0v) is 17.2. The van der Waals surface area contributed by atoms with Crippen molar-refractivity contribution in [2.45, 2.75) is 4.90 Å². The molecule has 2 aromatic rings. The van der Waals surface area contributed by atoms with Gasteiger partial charge < -0.3 is 4.90 Å². The van der Waals surface area contributed by atoms with Crippen LogP contribution >= 0.6 is 27.3 Å². The van der Waals surface area contributed by atoms with Gasteiger partial charge in [0.15, 0.2) is 0 Å². The van der Waals surface area contributed by atoms with Crippen molar-refractivity contribution in [1.82, 2.24) is 9.21 Å². The maximum atomic E-state index is 13.8. The molecule has 1 aliphatic rings. The largest absolute Gasteiger partial charge is 0.337 e. The molecule has 1 fully saturated rings. The zero-order valence-electron chi connectivity index (χ0n) is 13.9. The average Bonchev–Trinajstić information content (AvgIpc) is 3.07. The third-order valence-electron chi connectivity index (χ3n) is 4.05. The van der Waals surface area contributed by atoms with Crippen molar-refractivity contribution in [2.75, 3.05) is 26.2 Å². The summed E-state index contributed by atoms with van der Waals surface area (Å²) in [5.74, 6) is -2.05. The molecule has 1 aromatic carbocycles. The lowest BCUT2D eigenvalue weighted by Gasteiger charge is -2.33. The quantitative estimate of drug-likeness (QED) is 0.635. The summed E-state index contributed by atoms with van der Waals surface area (Å²) >= 11 is 4.83. The van der Waals surface area contributed by atoms with E-state index in [0.717, 1.165) is 25.1 Å². The Labute approximate surface area is 168 Å². The standard InChI is InChI=1S/C17H15BrF2N2O3S2/c18-16-5-2-13(26-16)3-6-17(23)21-7-9-22(10-8-21)27(24,25)15-11-12(19)1-4-14(15)20/h1-6,11H,7-10H2/b6-3+. The number of carbonyl (C=O) groups excluding carboxylic acids is 1. The van der Waals surface area contributed by atoms with Gasteiger partial charge in [0, 0.05) is 37.1 Å². The Morgan fingerprint density at radius 2 is 1.81 bits per heavy atom. The van der Waals surface area contributed by atoms with E-state index in [0.29, 0.717) is 6.07 Å². The molecule has 10 heteroatoms. The Kier molecular flexibility index (Phi) is 6.09. The SMILES string of the molecule is O=C(/C=C/c1ccc(Br)s1)N1CCN(S(=O)(=O)c2cc(F)ccc2F)CC1. The van der Waals surface area contributed by atoms with E-state index in [1.807, 2.05) is 12.1 Å². The van der Waals surface area contributed by atoms with Crippen LogP contribution in [0.2, 0.25) is 0 Å². The van der Waals surface area contributed by atoms with E-state index >= 15 is 0 Å². The normalized spacial score (nSPS) is 16.2. The lowest BCUT2D eigenvalue weighted by atomic mass is 10.3. The van der Waals surface area contributed by atoms with Crippen LogP contribution in [-0.4, -0.2) is 49.7 Å². The highest BCUT2D eigenvalue weighted by atomic mass is 79.9. The van der Waals surface area contributed by atoms with Crippen LogP contribution in [0.1, 0.15) is 4.88 Å². The molecule has 0 saturated carbocycles. The summed E-state index contributed by atoms with van der Waals surface area (Å²) in [7, 11) is -4.16. The summed E-state index contributed by atoms with van der Waals surface area (Å²) in [6.45, 7) is 0.381. The average molecular weight is 477 g/mol. The second kappa shape index (κ2) is 8.17. The van der Waals surface area contributed by atoms with Crippen molar-refractivity contribution in [1.29, 1.82) is 0 Å². The fourth-order valence-corrected chi connectivity index (χ4v) is 5.46. The Hall–Kier alpha value is -1.62. The zero-order chi connectivity index (χ0) is 19.6. The smallest absolute Gasteiger partial charge is 0.246 e. The minimum Gasteiger partial charge on any atom is -0.337 e. The lowest BCUT2D eigenvalue weighted by Crippen LogP contribution is -2.50. The third kappa shape index (κ3) is 4.63. The van der Waals surface area contributed by atoms with E-state index in [9.17, 15) is 22.0 Å². The van der Waals surface area contributed by atoms with Crippen molar-refractivity contribution >= 4 is 49.3 Å². The van der Waals surface area contributed by atoms with Crippen LogP contribution in [0.4, 0.5) is 8.78 Å². The molecule has 1 saturated heterocycles. The van der Waals surface area contributed by atoms with Crippen molar-refractivity contribution in [3.8, 4) is 0 Å². The molecule has 0 spiro atoms. The number of halogens is 3. The monoisotopic (exact) mass is 476 g/mol. The van der Waals surface area contributed by atoms with Crippen LogP contribution in [0.15, 0.2) is 45.1 Å². The van der Waals surface area contributed by atoms with Gasteiger partial charge in [-0.3, -0.25) is 4.79 Å². The highest BCUT2D eigenvalue weighted by Gasteiger charge is 2.31. The van der Waals surface area contributed by atoms with E-state index in [2.05, 4.69) is 15.9 Å². The predicted octanol–water partition coefficient (Wildman–Crippen LogP) is 3.34. The number of piperazine rings is 1. The van der Waals surface area contributed by atoms with E-state index in [-0.39, 0.29) is 32.1 Å². The molecular weight excluding hydrogens is 462 g/mol. The van der Waals surface area contributed by atoms with Gasteiger partial charge in [-0.05, 0) is 52.3 Å². The van der Waals surface area contributed by atoms with Gasteiger partial charge in [-0.25, -0.2) is 17.2 Å². The second-order valence-corrected chi connectivity index (χ2v) is 10.2. The van der Waals surface area contributed by atoms with Crippen molar-refractivity contribution in [2.24, 2.45) is 0 Å². The molecule has 1 aromatic heterocycles. The van der Waals surface area contributed by atoms with Crippen molar-refractivity contribution in [3.63, 3.8) is 0 Å². The molecule has 0 radical (unpaired) electrons. The molecule has 27 heavy (non-hydrogen) atoms. The molecule has 0 N–H and O–H groups in total. The van der Waals surface area contributed by atoms with E-state index in [1.165, 1.54) is 22.3 Å². The Balaban J connectivity index is 1.65. The van der Waals surface area contributed by atoms with Crippen molar-refractivity contribution in [3.05, 3.63) is 56.7 Å². The highest BCUT2D eigenvalue weighted by molar-refractivity contribution is 9.11. The Bertz CT molecular complexity index is 984. The summed E-state index contributed by atoms with van der Waals surface area (Å²) < 4.78 is 54.3. The second-order valence-electron chi connectivity index (χ2n) is 5.78. The maximum absolute atomic E-state index is 13.8. The first-order valence-electron chi connectivity index (χ1n) is 7.95. The molecular formula is C17H15BrF2N2O3S2. The Morgan fingerprint density at radius 1 is 1.11 bits per heavy atom. The van der Waals surface area contributed by atoms with E-state index in [4.69, 9.17) is 0 Å². The van der Waals surface area contributed by atoms with Crippen LogP contribution in [-0.2, 0) is 14.8 Å². The van der Waals surface area contributed by atoms with Crippen LogP contribution in [0, 0.1) is 11.6 Å². The summed E-state index contributed by atoms with van der Waals surface area (Å²) in [5.41, 5.74) is 0. The molecule has 5 nitrogen and oxygen atoms in total. The van der Waals surface area contributed by atoms with Gasteiger partial charge in [-0.15, -0.1) is 11.3 Å². The molecule has 0 bridgehead atoms. The Morgan fingerprint density at radius 3 is 2.44 bits per heavy atom. The van der Waals surface area contributed by atoms with Crippen LogP contribution in [0.3, 0.4) is 0 Å². The third-order valence-corrected chi connectivity index (χ3v) is 7.55. The lowest BCUT2D eigenvalue weighted by molar-refractivity contribution is -0.127. The number of sulfonamides is 1. The van der Waals surface area contributed by atoms with Gasteiger partial charge in [0.1, 0.15) is 16.5 Å². The fourth-order valence-electron chi connectivity index (χ4n) is 2.64. The summed E-state index contributed by atoms with van der Waals surface area (Å²) in [5, 5.41) is 0. The number of carbonyl (C=O) groups is 1. The van der Waals surface area contributed by atoms with Gasteiger partial charge in [0.05, 0.1) is 3.79 Å². The minimum atomic E-state index is -4.16. The van der Waals surface area contributed by atoms with Gasteiger partial charge >= 0.3 is 0 Å². The topological polar surface area (TPSA) is 57.7 Å². The first kappa shape index (κ1) is 20.1. The number of benzene rings is 1. The number of hydrogen-bond acceptors (Lipinski definition) is 4. The molecule has 3 rings (SSSR count). The predicted molar refractivity (Wildman–Crippen MR) is 103 cm³/mol. The van der Waals surface area contributed by atoms with E-state index < -0.39 is 26.6 Å². The fraction of sp³-hybridized carbons (Fsp3) is 0.235. The first-order chi connectivity index (χ1) is 12.8. The number of rotatable bonds is 4. The van der Waals surface area contributed by atoms with Gasteiger partial charge in [0.2, 0.25) is 15.9 Å². The van der Waals surface area contributed by atoms with E-state index in [1.54, 1.807) is 6.08 Å². The van der Waals surface area contributed by atoms with Gasteiger partial charge in [0.25, 0.3) is 0 Å². The molecule has 0 atom stereocenters. The molecule has 1 amide bonds. The first-order valence-corrected chi connectivity index (χ1v) is 11.0. The summed E-state index contributed by atoms with van der Waals surface area (Å²) in [6, 6.07) is 6.07. The molecule has 0 aliphatic carbocycles. The maximum Gasteiger partial charge on any atom is 0.246 e. The molecule has 2 heterocycles. The molecule has 1 aliphatic heterocycles. The van der Waals surface area contributed by atoms with Crippen LogP contribution in [0.5, 0.6) is 0 Å². The summed E-state index contributed by atoms with van der Waals surface area (Å²) in [4.78, 5) is 14.0. The molecule has 144 valence electrons.